The number of esters is 1. The van der Waals surface area contributed by atoms with Crippen molar-refractivity contribution in [2.24, 2.45) is 5.16 Å². The molecule has 0 aliphatic carbocycles. The number of carbonyl (C=O) groups is 1. The second-order valence-electron chi connectivity index (χ2n) is 5.57. The highest BCUT2D eigenvalue weighted by atomic mass is 16.6. The molecule has 0 saturated carbocycles. The van der Waals surface area contributed by atoms with E-state index < -0.39 is 5.97 Å². The summed E-state index contributed by atoms with van der Waals surface area (Å²) in [5, 5.41) is 3.80. The molecule has 6 heteroatoms. The summed E-state index contributed by atoms with van der Waals surface area (Å²) < 4.78 is 10.7. The summed E-state index contributed by atoms with van der Waals surface area (Å²) in [5.41, 5.74) is 4.46. The van der Waals surface area contributed by atoms with Gasteiger partial charge in [0, 0.05) is 16.8 Å². The fourth-order valence-corrected chi connectivity index (χ4v) is 2.37. The summed E-state index contributed by atoms with van der Waals surface area (Å²) in [6.45, 7) is 6.15. The molecule has 1 aromatic heterocycles. The van der Waals surface area contributed by atoms with E-state index in [1.165, 1.54) is 14.2 Å². The molecule has 25 heavy (non-hydrogen) atoms. The molecular weight excluding hydrogens is 320 g/mol. The Balaban J connectivity index is 2.31. The Morgan fingerprint density at radius 3 is 2.52 bits per heavy atom. The number of methoxy groups -OCH3 is 1. The number of hydrogen-bond acceptors (Lipinski definition) is 6. The van der Waals surface area contributed by atoms with Crippen molar-refractivity contribution in [3.63, 3.8) is 0 Å². The van der Waals surface area contributed by atoms with E-state index in [4.69, 9.17) is 14.3 Å². The lowest BCUT2D eigenvalue weighted by Gasteiger charge is -2.13. The van der Waals surface area contributed by atoms with E-state index in [0.29, 0.717) is 11.4 Å². The van der Waals surface area contributed by atoms with Gasteiger partial charge in [0.2, 0.25) is 5.88 Å². The second-order valence-corrected chi connectivity index (χ2v) is 5.57. The standard InChI is InChI=1S/C19H22N2O4/c1-12-10-13(2)18(20-14(12)3)25-11-15-8-6-7-9-16(15)17(21-24-5)19(22)23-4/h6-10H,11H2,1-5H3/b21-17+. The van der Waals surface area contributed by atoms with E-state index in [1.54, 1.807) is 6.07 Å². The molecule has 0 spiro atoms. The first-order valence-corrected chi connectivity index (χ1v) is 7.83. The Labute approximate surface area is 147 Å². The van der Waals surface area contributed by atoms with E-state index in [9.17, 15) is 4.79 Å². The van der Waals surface area contributed by atoms with Crippen molar-refractivity contribution in [2.45, 2.75) is 27.4 Å². The number of rotatable bonds is 6. The maximum atomic E-state index is 12.0. The van der Waals surface area contributed by atoms with Crippen LogP contribution in [0.3, 0.4) is 0 Å². The third kappa shape index (κ3) is 4.35. The maximum absolute atomic E-state index is 12.0. The number of carbonyl (C=O) groups excluding carboxylic acids is 1. The van der Waals surface area contributed by atoms with Gasteiger partial charge >= 0.3 is 5.97 Å². The van der Waals surface area contributed by atoms with Crippen LogP contribution in [0.4, 0.5) is 0 Å². The SMILES string of the molecule is CO/N=C(/C(=O)OC)c1ccccc1COc1nc(C)c(C)cc1C. The van der Waals surface area contributed by atoms with Crippen LogP contribution >= 0.6 is 0 Å². The Kier molecular flexibility index (Phi) is 6.11. The molecular formula is C19H22N2O4. The Morgan fingerprint density at radius 1 is 1.12 bits per heavy atom. The molecule has 1 heterocycles. The van der Waals surface area contributed by atoms with Gasteiger partial charge in [0.1, 0.15) is 13.7 Å². The monoisotopic (exact) mass is 342 g/mol. The highest BCUT2D eigenvalue weighted by Crippen LogP contribution is 2.20. The number of nitrogens with zero attached hydrogens (tertiary/aromatic N) is 2. The highest BCUT2D eigenvalue weighted by Gasteiger charge is 2.19. The summed E-state index contributed by atoms with van der Waals surface area (Å²) in [7, 11) is 2.68. The molecule has 0 N–H and O–H groups in total. The van der Waals surface area contributed by atoms with Crippen molar-refractivity contribution < 1.29 is 19.1 Å². The molecule has 2 aromatic rings. The molecule has 0 atom stereocenters. The number of ether oxygens (including phenoxy) is 2. The van der Waals surface area contributed by atoms with Gasteiger partial charge in [-0.3, -0.25) is 0 Å². The van der Waals surface area contributed by atoms with Crippen LogP contribution in [-0.4, -0.2) is 30.9 Å². The summed E-state index contributed by atoms with van der Waals surface area (Å²) in [5.74, 6) is -0.00372. The average molecular weight is 342 g/mol. The van der Waals surface area contributed by atoms with Crippen molar-refractivity contribution in [1.29, 1.82) is 0 Å². The zero-order valence-corrected chi connectivity index (χ0v) is 15.1. The van der Waals surface area contributed by atoms with Crippen LogP contribution < -0.4 is 4.74 Å². The first-order valence-electron chi connectivity index (χ1n) is 7.83. The minimum atomic E-state index is -0.574. The van der Waals surface area contributed by atoms with Gasteiger partial charge in [-0.15, -0.1) is 0 Å². The minimum absolute atomic E-state index is 0.0916. The third-order valence-corrected chi connectivity index (χ3v) is 3.81. The predicted molar refractivity (Wildman–Crippen MR) is 94.8 cm³/mol. The van der Waals surface area contributed by atoms with E-state index in [1.807, 2.05) is 45.0 Å². The first-order chi connectivity index (χ1) is 12.0. The topological polar surface area (TPSA) is 70.0 Å². The van der Waals surface area contributed by atoms with Crippen LogP contribution in [0.5, 0.6) is 5.88 Å². The Bertz CT molecular complexity index is 800. The lowest BCUT2D eigenvalue weighted by Crippen LogP contribution is -2.20. The first kappa shape index (κ1) is 18.4. The fraction of sp³-hybridized carbons (Fsp3) is 0.316. The maximum Gasteiger partial charge on any atom is 0.360 e. The molecule has 0 unspecified atom stereocenters. The largest absolute Gasteiger partial charge is 0.473 e. The number of aromatic nitrogens is 1. The van der Waals surface area contributed by atoms with Crippen LogP contribution in [0.15, 0.2) is 35.5 Å². The van der Waals surface area contributed by atoms with Gasteiger partial charge in [-0.05, 0) is 38.0 Å². The van der Waals surface area contributed by atoms with Gasteiger partial charge < -0.3 is 14.3 Å². The molecule has 132 valence electrons. The lowest BCUT2D eigenvalue weighted by atomic mass is 10.0. The van der Waals surface area contributed by atoms with Crippen molar-refractivity contribution >= 4 is 11.7 Å². The number of benzene rings is 1. The van der Waals surface area contributed by atoms with Gasteiger partial charge in [-0.1, -0.05) is 29.4 Å². The molecule has 1 aromatic carbocycles. The van der Waals surface area contributed by atoms with Crippen molar-refractivity contribution in [1.82, 2.24) is 4.98 Å². The van der Waals surface area contributed by atoms with E-state index >= 15 is 0 Å². The normalized spacial score (nSPS) is 11.2. The predicted octanol–water partition coefficient (Wildman–Crippen LogP) is 3.11. The zero-order valence-electron chi connectivity index (χ0n) is 15.1. The molecule has 0 aliphatic rings. The molecule has 2 rings (SSSR count). The molecule has 6 nitrogen and oxygen atoms in total. The third-order valence-electron chi connectivity index (χ3n) is 3.81. The molecule has 0 amide bonds. The van der Waals surface area contributed by atoms with Crippen LogP contribution in [0.25, 0.3) is 0 Å². The summed E-state index contributed by atoms with van der Waals surface area (Å²) in [6.07, 6.45) is 0. The summed E-state index contributed by atoms with van der Waals surface area (Å²) >= 11 is 0. The van der Waals surface area contributed by atoms with Crippen LogP contribution in [-0.2, 0) is 21.0 Å². The van der Waals surface area contributed by atoms with Crippen molar-refractivity contribution in [3.8, 4) is 5.88 Å². The Hall–Kier alpha value is -2.89. The lowest BCUT2D eigenvalue weighted by molar-refractivity contribution is -0.132. The smallest absolute Gasteiger partial charge is 0.360 e. The number of hydrogen-bond donors (Lipinski definition) is 0. The second kappa shape index (κ2) is 8.28. The van der Waals surface area contributed by atoms with E-state index in [2.05, 4.69) is 10.1 Å². The number of pyridine rings is 1. The Morgan fingerprint density at radius 2 is 1.84 bits per heavy atom. The van der Waals surface area contributed by atoms with Crippen molar-refractivity contribution in [2.75, 3.05) is 14.2 Å². The van der Waals surface area contributed by atoms with E-state index in [0.717, 1.165) is 22.4 Å². The zero-order chi connectivity index (χ0) is 18.4. The van der Waals surface area contributed by atoms with Crippen LogP contribution in [0.2, 0.25) is 0 Å². The van der Waals surface area contributed by atoms with Gasteiger partial charge in [-0.25, -0.2) is 9.78 Å². The molecule has 0 saturated heterocycles. The van der Waals surface area contributed by atoms with Gasteiger partial charge in [0.05, 0.1) is 7.11 Å². The minimum Gasteiger partial charge on any atom is -0.473 e. The summed E-state index contributed by atoms with van der Waals surface area (Å²) in [6, 6.07) is 9.35. The quantitative estimate of drug-likeness (QED) is 0.458. The van der Waals surface area contributed by atoms with Crippen LogP contribution in [0, 0.1) is 20.8 Å². The molecule has 0 aliphatic heterocycles. The van der Waals surface area contributed by atoms with Gasteiger partial charge in [-0.2, -0.15) is 0 Å². The van der Waals surface area contributed by atoms with Crippen molar-refractivity contribution in [3.05, 3.63) is 58.3 Å². The number of oxime groups is 1. The molecule has 0 bridgehead atoms. The fourth-order valence-electron chi connectivity index (χ4n) is 2.37. The van der Waals surface area contributed by atoms with E-state index in [-0.39, 0.29) is 12.3 Å². The molecule has 0 radical (unpaired) electrons. The van der Waals surface area contributed by atoms with Gasteiger partial charge in [0.25, 0.3) is 0 Å². The number of aryl methyl sites for hydroxylation is 3. The van der Waals surface area contributed by atoms with Crippen LogP contribution in [0.1, 0.15) is 27.9 Å². The molecule has 0 fully saturated rings. The van der Waals surface area contributed by atoms with Gasteiger partial charge in [0.15, 0.2) is 5.71 Å². The average Bonchev–Trinajstić information content (AvgIpc) is 2.61. The summed E-state index contributed by atoms with van der Waals surface area (Å²) in [4.78, 5) is 21.2. The highest BCUT2D eigenvalue weighted by molar-refractivity contribution is 6.43.